The summed E-state index contributed by atoms with van der Waals surface area (Å²) in [5, 5.41) is 0. The van der Waals surface area contributed by atoms with Gasteiger partial charge in [0.25, 0.3) is 0 Å². The van der Waals surface area contributed by atoms with Crippen LogP contribution in [0.25, 0.3) is 0 Å². The number of halogens is 1. The molecule has 2 aromatic carbocycles. The quantitative estimate of drug-likeness (QED) is 0.331. The van der Waals surface area contributed by atoms with Crippen molar-refractivity contribution in [2.45, 2.75) is 32.6 Å². The Morgan fingerprint density at radius 3 is 2.26 bits per heavy atom. The number of aryl methyl sites for hydroxylation is 1. The number of ether oxygens (including phenoxy) is 1. The summed E-state index contributed by atoms with van der Waals surface area (Å²) >= 11 is 3.38. The van der Waals surface area contributed by atoms with Crippen LogP contribution in [0.5, 0.6) is 5.75 Å². The van der Waals surface area contributed by atoms with Gasteiger partial charge in [0.05, 0.1) is 23.4 Å². The summed E-state index contributed by atoms with van der Waals surface area (Å²) in [4.78, 5) is 54.6. The molecule has 8 heteroatoms. The first-order valence-electron chi connectivity index (χ1n) is 12.1. The predicted octanol–water partition coefficient (Wildman–Crippen LogP) is 4.25. The van der Waals surface area contributed by atoms with Gasteiger partial charge in [-0.25, -0.2) is 4.90 Å². The number of imide groups is 1. The minimum absolute atomic E-state index is 0.0856. The molecule has 4 fully saturated rings. The fraction of sp³-hybridized carbons (Fsp3) is 0.407. The lowest BCUT2D eigenvalue weighted by Gasteiger charge is -2.20. The van der Waals surface area contributed by atoms with Crippen molar-refractivity contribution >= 4 is 51.0 Å². The number of carbonyl (C=O) groups is 4. The van der Waals surface area contributed by atoms with Crippen molar-refractivity contribution < 1.29 is 23.9 Å². The van der Waals surface area contributed by atoms with Gasteiger partial charge in [-0.05, 0) is 86.1 Å². The number of nitrogens with zero attached hydrogens (tertiary/aromatic N) is 2. The Morgan fingerprint density at radius 2 is 1.63 bits per heavy atom. The van der Waals surface area contributed by atoms with Crippen LogP contribution in [0.3, 0.4) is 0 Å². The van der Waals surface area contributed by atoms with E-state index in [0.717, 1.165) is 29.4 Å². The van der Waals surface area contributed by atoms with Gasteiger partial charge in [-0.15, -0.1) is 0 Å². The number of amides is 3. The Balaban J connectivity index is 1.15. The van der Waals surface area contributed by atoms with E-state index in [1.54, 1.807) is 23.1 Å². The van der Waals surface area contributed by atoms with Crippen molar-refractivity contribution in [2.24, 2.45) is 29.6 Å². The maximum atomic E-state index is 13.2. The third kappa shape index (κ3) is 3.61. The fourth-order valence-corrected chi connectivity index (χ4v) is 6.79. The fourth-order valence-electron chi connectivity index (χ4n) is 6.52. The van der Waals surface area contributed by atoms with Gasteiger partial charge in [-0.3, -0.25) is 19.2 Å². The molecule has 6 rings (SSSR count). The molecule has 0 N–H and O–H groups in total. The summed E-state index contributed by atoms with van der Waals surface area (Å²) in [6.45, 7) is 2.07. The highest BCUT2D eigenvalue weighted by Crippen LogP contribution is 2.56. The highest BCUT2D eigenvalue weighted by atomic mass is 79.9. The largest absolute Gasteiger partial charge is 0.426 e. The van der Waals surface area contributed by atoms with E-state index in [2.05, 4.69) is 15.9 Å². The van der Waals surface area contributed by atoms with E-state index in [1.807, 2.05) is 31.2 Å². The van der Waals surface area contributed by atoms with Gasteiger partial charge >= 0.3 is 5.97 Å². The standard InChI is InChI=1S/C27H25BrN2O5/c1-14-10-20(35-27(34)17-12-22(31)29(13-17)19-6-4-18(28)5-7-19)8-9-21(14)30-25(32)23-15-2-3-16(11-15)24(23)26(30)33/h4-10,15-17,23-24H,2-3,11-13H2,1H3/t15-,16-,17+,23+,24+/m0/s1. The smallest absolute Gasteiger partial charge is 0.316 e. The van der Waals surface area contributed by atoms with Crippen molar-refractivity contribution in [3.8, 4) is 5.75 Å². The van der Waals surface area contributed by atoms with Gasteiger partial charge in [-0.1, -0.05) is 15.9 Å². The lowest BCUT2D eigenvalue weighted by molar-refractivity contribution is -0.139. The molecule has 2 saturated heterocycles. The number of hydrogen-bond acceptors (Lipinski definition) is 5. The van der Waals surface area contributed by atoms with Crippen molar-refractivity contribution in [3.05, 3.63) is 52.5 Å². The van der Waals surface area contributed by atoms with Gasteiger partial charge in [-0.2, -0.15) is 0 Å². The number of anilines is 2. The predicted molar refractivity (Wildman–Crippen MR) is 132 cm³/mol. The van der Waals surface area contributed by atoms with E-state index < -0.39 is 11.9 Å². The third-order valence-corrected chi connectivity index (χ3v) is 8.68. The van der Waals surface area contributed by atoms with Gasteiger partial charge in [0, 0.05) is 23.1 Å². The molecule has 0 radical (unpaired) electrons. The molecule has 2 aliphatic carbocycles. The Hall–Kier alpha value is -3.00. The molecule has 5 atom stereocenters. The van der Waals surface area contributed by atoms with Crippen molar-refractivity contribution in [1.29, 1.82) is 0 Å². The van der Waals surface area contributed by atoms with E-state index in [-0.39, 0.29) is 42.5 Å². The zero-order valence-corrected chi connectivity index (χ0v) is 20.9. The van der Waals surface area contributed by atoms with E-state index in [1.165, 1.54) is 4.90 Å². The Bertz CT molecular complexity index is 1230. The lowest BCUT2D eigenvalue weighted by Crippen LogP contribution is -2.33. The lowest BCUT2D eigenvalue weighted by atomic mass is 9.81. The Morgan fingerprint density at radius 1 is 0.971 bits per heavy atom. The van der Waals surface area contributed by atoms with Gasteiger partial charge in [0.15, 0.2) is 0 Å². The summed E-state index contributed by atoms with van der Waals surface area (Å²) in [5.74, 6) is -0.673. The van der Waals surface area contributed by atoms with Crippen LogP contribution in [0.4, 0.5) is 11.4 Å². The molecule has 2 saturated carbocycles. The minimum atomic E-state index is -0.567. The van der Waals surface area contributed by atoms with E-state index in [0.29, 0.717) is 28.8 Å². The number of hydrogen-bond donors (Lipinski definition) is 0. The zero-order valence-electron chi connectivity index (χ0n) is 19.3. The molecule has 7 nitrogen and oxygen atoms in total. The van der Waals surface area contributed by atoms with Crippen LogP contribution in [0.15, 0.2) is 46.9 Å². The number of rotatable bonds is 4. The Kier molecular flexibility index (Phi) is 5.32. The molecule has 4 aliphatic rings. The normalized spacial score (nSPS) is 29.3. The zero-order chi connectivity index (χ0) is 24.4. The highest BCUT2D eigenvalue weighted by Gasteiger charge is 2.61. The highest BCUT2D eigenvalue weighted by molar-refractivity contribution is 9.10. The average molecular weight is 537 g/mol. The number of fused-ring (bicyclic) bond motifs is 5. The van der Waals surface area contributed by atoms with Crippen LogP contribution < -0.4 is 14.5 Å². The summed E-state index contributed by atoms with van der Waals surface area (Å²) in [6, 6.07) is 12.4. The van der Waals surface area contributed by atoms with E-state index >= 15 is 0 Å². The molecule has 180 valence electrons. The maximum Gasteiger partial charge on any atom is 0.316 e. The SMILES string of the molecule is Cc1cc(OC(=O)[C@@H]2CC(=O)N(c3ccc(Br)cc3)C2)ccc1N1C(=O)[C@@H]2[C@H]3CC[C@@H](C3)[C@H]2C1=O. The molecule has 0 spiro atoms. The van der Waals surface area contributed by atoms with Gasteiger partial charge < -0.3 is 9.64 Å². The van der Waals surface area contributed by atoms with Crippen LogP contribution in [0.2, 0.25) is 0 Å². The first-order valence-corrected chi connectivity index (χ1v) is 12.9. The number of benzene rings is 2. The van der Waals surface area contributed by atoms with Crippen LogP contribution in [-0.4, -0.2) is 30.2 Å². The average Bonchev–Trinajstić information content (AvgIpc) is 3.59. The van der Waals surface area contributed by atoms with Crippen molar-refractivity contribution in [2.75, 3.05) is 16.3 Å². The van der Waals surface area contributed by atoms with Crippen LogP contribution >= 0.6 is 15.9 Å². The summed E-state index contributed by atoms with van der Waals surface area (Å²) in [5.41, 5.74) is 2.00. The molecule has 0 aromatic heterocycles. The van der Waals surface area contributed by atoms with E-state index in [9.17, 15) is 19.2 Å². The first kappa shape index (κ1) is 22.5. The molecule has 2 aromatic rings. The van der Waals surface area contributed by atoms with Gasteiger partial charge in [0.2, 0.25) is 17.7 Å². The van der Waals surface area contributed by atoms with E-state index in [4.69, 9.17) is 4.74 Å². The second kappa shape index (κ2) is 8.29. The van der Waals surface area contributed by atoms with Crippen molar-refractivity contribution in [1.82, 2.24) is 0 Å². The minimum Gasteiger partial charge on any atom is -0.426 e. The molecular weight excluding hydrogens is 512 g/mol. The molecular formula is C27H25BrN2O5. The number of carbonyl (C=O) groups excluding carboxylic acids is 4. The topological polar surface area (TPSA) is 84.0 Å². The molecule has 2 heterocycles. The molecule has 0 unspecified atom stereocenters. The first-order chi connectivity index (χ1) is 16.8. The van der Waals surface area contributed by atoms with Crippen molar-refractivity contribution in [3.63, 3.8) is 0 Å². The second-order valence-electron chi connectivity index (χ2n) is 10.1. The monoisotopic (exact) mass is 536 g/mol. The summed E-state index contributed by atoms with van der Waals surface area (Å²) in [6.07, 6.45) is 3.16. The van der Waals surface area contributed by atoms with Crippen LogP contribution in [0, 0.1) is 36.5 Å². The van der Waals surface area contributed by atoms with Crippen LogP contribution in [-0.2, 0) is 19.2 Å². The van der Waals surface area contributed by atoms with Gasteiger partial charge in [0.1, 0.15) is 5.75 Å². The number of esters is 1. The second-order valence-corrected chi connectivity index (χ2v) is 11.1. The molecule has 3 amide bonds. The van der Waals surface area contributed by atoms with Crippen LogP contribution in [0.1, 0.15) is 31.2 Å². The third-order valence-electron chi connectivity index (χ3n) is 8.15. The molecule has 35 heavy (non-hydrogen) atoms. The Labute approximate surface area is 211 Å². The molecule has 2 aliphatic heterocycles. The maximum absolute atomic E-state index is 13.2. The summed E-state index contributed by atoms with van der Waals surface area (Å²) in [7, 11) is 0. The summed E-state index contributed by atoms with van der Waals surface area (Å²) < 4.78 is 6.52. The molecule has 2 bridgehead atoms.